The highest BCUT2D eigenvalue weighted by Crippen LogP contribution is 2.36. The zero-order chi connectivity index (χ0) is 19.8. The van der Waals surface area contributed by atoms with E-state index < -0.39 is 0 Å². The molecule has 148 valence electrons. The minimum Gasteiger partial charge on any atom is -0.356 e. The number of aromatic nitrogens is 2. The summed E-state index contributed by atoms with van der Waals surface area (Å²) < 4.78 is 8.00. The van der Waals surface area contributed by atoms with E-state index in [0.29, 0.717) is 5.88 Å². The van der Waals surface area contributed by atoms with Gasteiger partial charge in [0.1, 0.15) is 5.04 Å². The Morgan fingerprint density at radius 2 is 2.18 bits per heavy atom. The van der Waals surface area contributed by atoms with E-state index in [1.165, 1.54) is 5.54 Å². The van der Waals surface area contributed by atoms with E-state index in [2.05, 4.69) is 22.2 Å². The lowest BCUT2D eigenvalue weighted by atomic mass is 10.1. The van der Waals surface area contributed by atoms with Gasteiger partial charge in [0, 0.05) is 29.8 Å². The van der Waals surface area contributed by atoms with Crippen LogP contribution in [0.25, 0.3) is 11.3 Å². The lowest BCUT2D eigenvalue weighted by Gasteiger charge is -2.25. The number of thioether (sulfide) groups is 1. The Kier molecular flexibility index (Phi) is 8.22. The number of halogens is 2. The van der Waals surface area contributed by atoms with Crippen LogP contribution in [0.15, 0.2) is 64.2 Å². The van der Waals surface area contributed by atoms with Crippen molar-refractivity contribution in [3.8, 4) is 11.3 Å². The lowest BCUT2D eigenvalue weighted by Crippen LogP contribution is -2.20. The molecule has 1 fully saturated rings. The van der Waals surface area contributed by atoms with Crippen molar-refractivity contribution in [3.05, 3.63) is 59.9 Å². The topological polar surface area (TPSA) is 39.4 Å². The zero-order valence-electron chi connectivity index (χ0n) is 15.7. The third-order valence-electron chi connectivity index (χ3n) is 4.35. The molecule has 3 rings (SSSR count). The molecule has 1 aromatic carbocycles. The van der Waals surface area contributed by atoms with Crippen LogP contribution in [0, 0.1) is 0 Å². The molecule has 1 unspecified atom stereocenters. The van der Waals surface area contributed by atoms with Gasteiger partial charge in [0.15, 0.2) is 6.23 Å². The Morgan fingerprint density at radius 3 is 2.82 bits per heavy atom. The maximum atomic E-state index is 6.00. The van der Waals surface area contributed by atoms with Crippen molar-refractivity contribution in [3.63, 3.8) is 0 Å². The van der Waals surface area contributed by atoms with Crippen molar-refractivity contribution < 1.29 is 4.74 Å². The van der Waals surface area contributed by atoms with Crippen LogP contribution >= 0.6 is 35.0 Å². The molecule has 2 heterocycles. The van der Waals surface area contributed by atoms with Gasteiger partial charge in [-0.25, -0.2) is 9.67 Å². The molecular weight excluding hydrogens is 413 g/mol. The fraction of sp³-hybridized carbons (Fsp3) is 0.333. The Labute approximate surface area is 180 Å². The van der Waals surface area contributed by atoms with Crippen LogP contribution in [-0.4, -0.2) is 21.4 Å². The summed E-state index contributed by atoms with van der Waals surface area (Å²) in [5.74, 6) is 0.496. The molecule has 0 radical (unpaired) electrons. The molecule has 1 aliphatic heterocycles. The number of rotatable bonds is 6. The monoisotopic (exact) mass is 435 g/mol. The van der Waals surface area contributed by atoms with E-state index in [9.17, 15) is 0 Å². The van der Waals surface area contributed by atoms with Crippen molar-refractivity contribution in [1.29, 1.82) is 0 Å². The standard InChI is InChI=1S/C21H23Cl2N3OS/c1-2-5-19(24-12-11-22)28-18-15-25-26(20-6-3-4-13-27-20)21(18)17-9-7-16(14-23)8-10-17/h2,5,7-12,15,20H,3-4,6,13-14H2,1H3/b5-2-,12-11+,24-19+. The van der Waals surface area contributed by atoms with Crippen molar-refractivity contribution in [2.45, 2.75) is 43.2 Å². The second-order valence-corrected chi connectivity index (χ2v) is 7.88. The van der Waals surface area contributed by atoms with Crippen molar-refractivity contribution in [1.82, 2.24) is 9.78 Å². The molecule has 0 aliphatic carbocycles. The van der Waals surface area contributed by atoms with Crippen LogP contribution in [0.4, 0.5) is 0 Å². The Balaban J connectivity index is 2.02. The van der Waals surface area contributed by atoms with Gasteiger partial charge in [0.25, 0.3) is 0 Å². The average molecular weight is 436 g/mol. The molecule has 1 atom stereocenters. The van der Waals surface area contributed by atoms with Crippen molar-refractivity contribution >= 4 is 40.0 Å². The van der Waals surface area contributed by atoms with E-state index in [4.69, 9.17) is 27.9 Å². The van der Waals surface area contributed by atoms with Crippen LogP contribution in [0.2, 0.25) is 0 Å². The van der Waals surface area contributed by atoms with E-state index in [0.717, 1.165) is 52.6 Å². The first kappa shape index (κ1) is 21.2. The van der Waals surface area contributed by atoms with E-state index in [-0.39, 0.29) is 6.23 Å². The lowest BCUT2D eigenvalue weighted by molar-refractivity contribution is -0.0384. The predicted octanol–water partition coefficient (Wildman–Crippen LogP) is 6.76. The third kappa shape index (κ3) is 5.29. The molecule has 7 heteroatoms. The molecular formula is C21H23Cl2N3OS. The summed E-state index contributed by atoms with van der Waals surface area (Å²) in [6, 6.07) is 8.27. The van der Waals surface area contributed by atoms with Gasteiger partial charge in [-0.3, -0.25) is 0 Å². The van der Waals surface area contributed by atoms with Gasteiger partial charge in [0.2, 0.25) is 0 Å². The smallest absolute Gasteiger partial charge is 0.150 e. The summed E-state index contributed by atoms with van der Waals surface area (Å²) in [6.07, 6.45) is 10.5. The minimum absolute atomic E-state index is 0.0457. The molecule has 4 nitrogen and oxygen atoms in total. The average Bonchev–Trinajstić information content (AvgIpc) is 3.16. The summed E-state index contributed by atoms with van der Waals surface area (Å²) in [5, 5.41) is 5.51. The van der Waals surface area contributed by atoms with Crippen molar-refractivity contribution in [2.24, 2.45) is 4.99 Å². The summed E-state index contributed by atoms with van der Waals surface area (Å²) >= 11 is 13.2. The molecule has 0 spiro atoms. The predicted molar refractivity (Wildman–Crippen MR) is 119 cm³/mol. The quantitative estimate of drug-likeness (QED) is 0.217. The molecule has 2 aromatic rings. The van der Waals surface area contributed by atoms with E-state index in [1.807, 2.05) is 42.1 Å². The number of aliphatic imine (C=N–C) groups is 1. The largest absolute Gasteiger partial charge is 0.356 e. The molecule has 0 amide bonds. The number of hydrogen-bond donors (Lipinski definition) is 0. The van der Waals surface area contributed by atoms with Crippen LogP contribution in [0.5, 0.6) is 0 Å². The van der Waals surface area contributed by atoms with Crippen molar-refractivity contribution in [2.75, 3.05) is 6.61 Å². The first-order chi connectivity index (χ1) is 13.8. The van der Waals surface area contributed by atoms with Crippen LogP contribution < -0.4 is 0 Å². The number of hydrogen-bond acceptors (Lipinski definition) is 4. The van der Waals surface area contributed by atoms with Crippen LogP contribution in [0.1, 0.15) is 38.0 Å². The molecule has 0 N–H and O–H groups in total. The molecule has 0 bridgehead atoms. The fourth-order valence-electron chi connectivity index (χ4n) is 3.04. The summed E-state index contributed by atoms with van der Waals surface area (Å²) in [6.45, 7) is 2.73. The van der Waals surface area contributed by atoms with Crippen LogP contribution in [-0.2, 0) is 10.6 Å². The minimum atomic E-state index is -0.0457. The number of benzene rings is 1. The first-order valence-electron chi connectivity index (χ1n) is 9.24. The fourth-order valence-corrected chi connectivity index (χ4v) is 4.23. The van der Waals surface area contributed by atoms with Gasteiger partial charge in [-0.1, -0.05) is 53.7 Å². The Morgan fingerprint density at radius 1 is 1.36 bits per heavy atom. The van der Waals surface area contributed by atoms with Gasteiger partial charge >= 0.3 is 0 Å². The van der Waals surface area contributed by atoms with Crippen LogP contribution in [0.3, 0.4) is 0 Å². The van der Waals surface area contributed by atoms with Gasteiger partial charge in [0.05, 0.1) is 16.8 Å². The summed E-state index contributed by atoms with van der Waals surface area (Å²) in [7, 11) is 0. The highest BCUT2D eigenvalue weighted by atomic mass is 35.5. The van der Waals surface area contributed by atoms with E-state index in [1.54, 1.807) is 18.0 Å². The Hall–Kier alpha value is -1.53. The molecule has 0 saturated carbocycles. The number of ether oxygens (including phenoxy) is 1. The SMILES string of the molecule is C\C=C/C(=N\C=C\Cl)Sc1cnn(C2CCCCO2)c1-c1ccc(CCl)cc1. The molecule has 1 saturated heterocycles. The zero-order valence-corrected chi connectivity index (χ0v) is 18.1. The summed E-state index contributed by atoms with van der Waals surface area (Å²) in [4.78, 5) is 5.43. The highest BCUT2D eigenvalue weighted by Gasteiger charge is 2.23. The number of nitrogens with zero attached hydrogens (tertiary/aromatic N) is 3. The second kappa shape index (κ2) is 10.9. The molecule has 1 aliphatic rings. The third-order valence-corrected chi connectivity index (χ3v) is 5.74. The molecule has 1 aromatic heterocycles. The summed E-state index contributed by atoms with van der Waals surface area (Å²) in [5.41, 5.74) is 4.60. The maximum Gasteiger partial charge on any atom is 0.150 e. The highest BCUT2D eigenvalue weighted by molar-refractivity contribution is 8.14. The Bertz CT molecular complexity index is 853. The maximum absolute atomic E-state index is 6.00. The number of allylic oxidation sites excluding steroid dienone is 1. The second-order valence-electron chi connectivity index (χ2n) is 6.30. The first-order valence-corrected chi connectivity index (χ1v) is 11.0. The van der Waals surface area contributed by atoms with Gasteiger partial charge in [-0.2, -0.15) is 5.10 Å². The van der Waals surface area contributed by atoms with Gasteiger partial charge in [-0.05, 0) is 37.8 Å². The van der Waals surface area contributed by atoms with E-state index >= 15 is 0 Å². The van der Waals surface area contributed by atoms with Gasteiger partial charge < -0.3 is 4.74 Å². The molecule has 28 heavy (non-hydrogen) atoms. The normalized spacial score (nSPS) is 18.4. The van der Waals surface area contributed by atoms with Gasteiger partial charge in [-0.15, -0.1) is 11.6 Å². The number of alkyl halides is 1.